The van der Waals surface area contributed by atoms with Crippen LogP contribution in [0.15, 0.2) is 36.9 Å². The van der Waals surface area contributed by atoms with Gasteiger partial charge in [0.25, 0.3) is 0 Å². The highest BCUT2D eigenvalue weighted by Gasteiger charge is 2.04. The maximum atomic E-state index is 4.30. The first-order chi connectivity index (χ1) is 7.74. The maximum Gasteiger partial charge on any atom is 0.0955 e. The van der Waals surface area contributed by atoms with Crippen molar-refractivity contribution >= 4 is 11.0 Å². The van der Waals surface area contributed by atoms with Crippen molar-refractivity contribution in [2.45, 2.75) is 0 Å². The monoisotopic (exact) mass is 212 g/mol. The van der Waals surface area contributed by atoms with Gasteiger partial charge >= 0.3 is 0 Å². The summed E-state index contributed by atoms with van der Waals surface area (Å²) in [6.45, 7) is 0. The lowest BCUT2D eigenvalue weighted by atomic mass is 10.1. The molecule has 0 saturated carbocycles. The molecule has 16 heavy (non-hydrogen) atoms. The summed E-state index contributed by atoms with van der Waals surface area (Å²) in [5.74, 6) is 0. The predicted octanol–water partition coefficient (Wildman–Crippen LogP) is 1.97. The lowest BCUT2D eigenvalue weighted by molar-refractivity contribution is 0.768. The van der Waals surface area contributed by atoms with Crippen molar-refractivity contribution in [1.29, 1.82) is 0 Å². The highest BCUT2D eigenvalue weighted by atomic mass is 15.2. The minimum atomic E-state index is 1.02. The van der Waals surface area contributed by atoms with E-state index in [2.05, 4.69) is 22.2 Å². The third kappa shape index (κ3) is 1.31. The fourth-order valence-corrected chi connectivity index (χ4v) is 1.88. The molecule has 0 aliphatic heterocycles. The molecule has 80 valence electrons. The molecule has 1 aromatic carbocycles. The normalized spacial score (nSPS) is 11.1. The Labute approximate surface area is 93.1 Å². The number of fused-ring (bicyclic) bond motifs is 1. The van der Waals surface area contributed by atoms with Crippen LogP contribution in [0.4, 0.5) is 0 Å². The van der Waals surface area contributed by atoms with Gasteiger partial charge in [0, 0.05) is 25.9 Å². The zero-order valence-corrected chi connectivity index (χ0v) is 9.25. The van der Waals surface area contributed by atoms with Crippen molar-refractivity contribution in [1.82, 2.24) is 19.3 Å². The molecule has 3 rings (SSSR count). The van der Waals surface area contributed by atoms with Crippen LogP contribution in [0.1, 0.15) is 0 Å². The number of imidazole rings is 1. The molecule has 0 atom stereocenters. The number of hydrogen-bond acceptors (Lipinski definition) is 2. The SMILES string of the molecule is Cn1cc(-c2ccc3ncn(C)c3c2)cn1. The first-order valence-corrected chi connectivity index (χ1v) is 5.14. The molecular formula is C12H12N4. The third-order valence-corrected chi connectivity index (χ3v) is 2.76. The fraction of sp³-hybridized carbons (Fsp3) is 0.167. The summed E-state index contributed by atoms with van der Waals surface area (Å²) in [4.78, 5) is 4.30. The van der Waals surface area contributed by atoms with Gasteiger partial charge in [-0.15, -0.1) is 0 Å². The number of rotatable bonds is 1. The molecule has 0 bridgehead atoms. The molecule has 0 radical (unpaired) electrons. The van der Waals surface area contributed by atoms with E-state index in [-0.39, 0.29) is 0 Å². The van der Waals surface area contributed by atoms with Gasteiger partial charge in [-0.05, 0) is 17.7 Å². The Morgan fingerprint density at radius 2 is 2.00 bits per heavy atom. The van der Waals surface area contributed by atoms with E-state index < -0.39 is 0 Å². The van der Waals surface area contributed by atoms with E-state index in [1.165, 1.54) is 5.56 Å². The zero-order chi connectivity index (χ0) is 11.1. The predicted molar refractivity (Wildman–Crippen MR) is 62.9 cm³/mol. The van der Waals surface area contributed by atoms with Crippen LogP contribution >= 0.6 is 0 Å². The molecule has 0 unspecified atom stereocenters. The molecule has 2 aromatic heterocycles. The van der Waals surface area contributed by atoms with Gasteiger partial charge in [-0.3, -0.25) is 4.68 Å². The second-order valence-electron chi connectivity index (χ2n) is 3.96. The summed E-state index contributed by atoms with van der Waals surface area (Å²) in [5, 5.41) is 4.18. The Hall–Kier alpha value is -2.10. The quantitative estimate of drug-likeness (QED) is 0.618. The Morgan fingerprint density at radius 1 is 1.12 bits per heavy atom. The number of aromatic nitrogens is 4. The number of nitrogens with zero attached hydrogens (tertiary/aromatic N) is 4. The molecule has 4 nitrogen and oxygen atoms in total. The molecule has 0 amide bonds. The van der Waals surface area contributed by atoms with Crippen LogP contribution in [0.3, 0.4) is 0 Å². The Kier molecular flexibility index (Phi) is 1.83. The van der Waals surface area contributed by atoms with E-state index in [0.717, 1.165) is 16.6 Å². The van der Waals surface area contributed by atoms with Gasteiger partial charge in [0.2, 0.25) is 0 Å². The molecule has 0 spiro atoms. The lowest BCUT2D eigenvalue weighted by Gasteiger charge is -1.99. The van der Waals surface area contributed by atoms with Gasteiger partial charge in [0.1, 0.15) is 0 Å². The van der Waals surface area contributed by atoms with E-state index in [0.29, 0.717) is 0 Å². The first-order valence-electron chi connectivity index (χ1n) is 5.14. The Morgan fingerprint density at radius 3 is 2.75 bits per heavy atom. The van der Waals surface area contributed by atoms with Crippen LogP contribution in [0, 0.1) is 0 Å². The van der Waals surface area contributed by atoms with Gasteiger partial charge in [-0.1, -0.05) is 6.07 Å². The summed E-state index contributed by atoms with van der Waals surface area (Å²) in [5.41, 5.74) is 4.46. The summed E-state index contributed by atoms with van der Waals surface area (Å²) < 4.78 is 3.83. The largest absolute Gasteiger partial charge is 0.334 e. The molecule has 4 heteroatoms. The topological polar surface area (TPSA) is 35.6 Å². The highest BCUT2D eigenvalue weighted by molar-refractivity contribution is 5.81. The maximum absolute atomic E-state index is 4.30. The second kappa shape index (κ2) is 3.20. The van der Waals surface area contributed by atoms with Crippen molar-refractivity contribution in [3.63, 3.8) is 0 Å². The van der Waals surface area contributed by atoms with Gasteiger partial charge in [0.15, 0.2) is 0 Å². The Bertz CT molecular complexity index is 648. The lowest BCUT2D eigenvalue weighted by Crippen LogP contribution is -1.85. The van der Waals surface area contributed by atoms with E-state index in [1.54, 1.807) is 0 Å². The van der Waals surface area contributed by atoms with Crippen LogP contribution in [0.5, 0.6) is 0 Å². The van der Waals surface area contributed by atoms with E-state index in [9.17, 15) is 0 Å². The van der Waals surface area contributed by atoms with Crippen LogP contribution in [0.25, 0.3) is 22.2 Å². The molecule has 0 saturated heterocycles. The molecule has 0 N–H and O–H groups in total. The second-order valence-corrected chi connectivity index (χ2v) is 3.96. The minimum absolute atomic E-state index is 1.02. The first kappa shape index (κ1) is 9.15. The van der Waals surface area contributed by atoms with Gasteiger partial charge in [0.05, 0.1) is 23.6 Å². The average molecular weight is 212 g/mol. The summed E-state index contributed by atoms with van der Waals surface area (Å²) in [6, 6.07) is 6.25. The van der Waals surface area contributed by atoms with E-state index in [4.69, 9.17) is 0 Å². The summed E-state index contributed by atoms with van der Waals surface area (Å²) in [7, 11) is 3.93. The summed E-state index contributed by atoms with van der Waals surface area (Å²) in [6.07, 6.45) is 5.72. The van der Waals surface area contributed by atoms with Gasteiger partial charge in [-0.2, -0.15) is 5.10 Å². The molecule has 0 aliphatic carbocycles. The average Bonchev–Trinajstić information content (AvgIpc) is 2.86. The van der Waals surface area contributed by atoms with Crippen molar-refractivity contribution in [2.24, 2.45) is 14.1 Å². The van der Waals surface area contributed by atoms with Crippen molar-refractivity contribution < 1.29 is 0 Å². The third-order valence-electron chi connectivity index (χ3n) is 2.76. The number of aryl methyl sites for hydroxylation is 2. The van der Waals surface area contributed by atoms with Crippen LogP contribution in [0.2, 0.25) is 0 Å². The molecule has 3 aromatic rings. The highest BCUT2D eigenvalue weighted by Crippen LogP contribution is 2.22. The van der Waals surface area contributed by atoms with Crippen LogP contribution < -0.4 is 0 Å². The molecule has 2 heterocycles. The van der Waals surface area contributed by atoms with Crippen molar-refractivity contribution in [2.75, 3.05) is 0 Å². The summed E-state index contributed by atoms with van der Waals surface area (Å²) >= 11 is 0. The smallest absolute Gasteiger partial charge is 0.0955 e. The minimum Gasteiger partial charge on any atom is -0.334 e. The van der Waals surface area contributed by atoms with Gasteiger partial charge < -0.3 is 4.57 Å². The Balaban J connectivity index is 2.21. The van der Waals surface area contributed by atoms with Crippen LogP contribution in [-0.4, -0.2) is 19.3 Å². The fourth-order valence-electron chi connectivity index (χ4n) is 1.88. The van der Waals surface area contributed by atoms with Crippen LogP contribution in [-0.2, 0) is 14.1 Å². The molecule has 0 fully saturated rings. The van der Waals surface area contributed by atoms with Crippen molar-refractivity contribution in [3.8, 4) is 11.1 Å². The van der Waals surface area contributed by atoms with E-state index >= 15 is 0 Å². The van der Waals surface area contributed by atoms with E-state index in [1.807, 2.05) is 48.1 Å². The molecular weight excluding hydrogens is 200 g/mol. The van der Waals surface area contributed by atoms with Crippen molar-refractivity contribution in [3.05, 3.63) is 36.9 Å². The zero-order valence-electron chi connectivity index (χ0n) is 9.25. The number of hydrogen-bond donors (Lipinski definition) is 0. The number of benzene rings is 1. The molecule has 0 aliphatic rings. The standard InChI is InChI=1S/C12H12N4/c1-15-8-13-11-4-3-9(5-12(11)15)10-6-14-16(2)7-10/h3-8H,1-2H3. The van der Waals surface area contributed by atoms with Gasteiger partial charge in [-0.25, -0.2) is 4.98 Å².